The zero-order valence-electron chi connectivity index (χ0n) is 11.5. The highest BCUT2D eigenvalue weighted by atomic mass is 19.4. The Labute approximate surface area is 126 Å². The van der Waals surface area contributed by atoms with Gasteiger partial charge in [0.25, 0.3) is 0 Å². The average Bonchev–Trinajstić information content (AvgIpc) is 2.44. The third kappa shape index (κ3) is 3.15. The molecule has 0 atom stereocenters. The molecule has 0 aliphatic rings. The van der Waals surface area contributed by atoms with Gasteiger partial charge >= 0.3 is 6.18 Å². The number of ether oxygens (including phenoxy) is 1. The molecule has 0 unspecified atom stereocenters. The first-order valence-electron chi connectivity index (χ1n) is 6.10. The molecule has 8 heteroatoms. The van der Waals surface area contributed by atoms with Crippen molar-refractivity contribution < 1.29 is 35.9 Å². The van der Waals surface area contributed by atoms with E-state index in [1.165, 1.54) is 0 Å². The lowest BCUT2D eigenvalue weighted by atomic mass is 9.99. The lowest BCUT2D eigenvalue weighted by molar-refractivity contribution is -0.140. The monoisotopic (exact) mass is 334 g/mol. The summed E-state index contributed by atoms with van der Waals surface area (Å²) in [5.74, 6) is -6.05. The number of benzene rings is 2. The van der Waals surface area contributed by atoms with Gasteiger partial charge in [-0.15, -0.1) is 0 Å². The quantitative estimate of drug-likeness (QED) is 0.616. The van der Waals surface area contributed by atoms with Crippen LogP contribution < -0.4 is 4.74 Å². The molecule has 0 radical (unpaired) electrons. The second-order valence-electron chi connectivity index (χ2n) is 4.46. The largest absolute Gasteiger partial charge is 0.493 e. The van der Waals surface area contributed by atoms with Crippen molar-refractivity contribution >= 4 is 5.78 Å². The molecule has 2 nitrogen and oxygen atoms in total. The van der Waals surface area contributed by atoms with Gasteiger partial charge in [-0.3, -0.25) is 4.79 Å². The molecule has 0 spiro atoms. The van der Waals surface area contributed by atoms with Crippen LogP contribution in [-0.2, 0) is 6.18 Å². The Hall–Kier alpha value is -2.51. The van der Waals surface area contributed by atoms with Crippen molar-refractivity contribution in [1.29, 1.82) is 0 Å². The molecular formula is C15H8F6O2. The maximum absolute atomic E-state index is 13.9. The van der Waals surface area contributed by atoms with Crippen LogP contribution in [0.2, 0.25) is 0 Å². The summed E-state index contributed by atoms with van der Waals surface area (Å²) < 4.78 is 82.8. The molecule has 0 aliphatic heterocycles. The fourth-order valence-electron chi connectivity index (χ4n) is 1.97. The van der Waals surface area contributed by atoms with Crippen molar-refractivity contribution in [3.8, 4) is 5.75 Å². The van der Waals surface area contributed by atoms with Gasteiger partial charge < -0.3 is 4.74 Å². The second-order valence-corrected chi connectivity index (χ2v) is 4.46. The molecule has 0 fully saturated rings. The second kappa shape index (κ2) is 5.94. The number of halogens is 6. The number of hydrogen-bond donors (Lipinski definition) is 0. The summed E-state index contributed by atoms with van der Waals surface area (Å²) >= 11 is 0. The Morgan fingerprint density at radius 3 is 2.13 bits per heavy atom. The van der Waals surface area contributed by atoms with Crippen molar-refractivity contribution in [3.63, 3.8) is 0 Å². The van der Waals surface area contributed by atoms with Gasteiger partial charge in [-0.2, -0.15) is 13.2 Å². The smallest absolute Gasteiger partial charge is 0.419 e. The number of alkyl halides is 3. The van der Waals surface area contributed by atoms with E-state index in [0.29, 0.717) is 18.2 Å². The number of carbonyl (C=O) groups excluding carboxylic acids is 1. The zero-order valence-corrected chi connectivity index (χ0v) is 11.5. The van der Waals surface area contributed by atoms with Crippen LogP contribution in [0, 0.1) is 17.5 Å². The lowest BCUT2D eigenvalue weighted by Crippen LogP contribution is -2.13. The molecule has 0 aromatic heterocycles. The fourth-order valence-corrected chi connectivity index (χ4v) is 1.97. The first kappa shape index (κ1) is 16.9. The summed E-state index contributed by atoms with van der Waals surface area (Å²) in [5.41, 5.74) is -2.85. The van der Waals surface area contributed by atoms with E-state index >= 15 is 0 Å². The van der Waals surface area contributed by atoms with Crippen molar-refractivity contribution in [2.75, 3.05) is 7.11 Å². The standard InChI is InChI=1S/C15H8F6O2/c1-23-14-9(4-5-10(12(14)18)15(19,20)21)13(22)8-3-2-7(16)6-11(8)17/h2-6H,1H3. The molecule has 2 aromatic rings. The number of rotatable bonds is 3. The van der Waals surface area contributed by atoms with Gasteiger partial charge in [0.2, 0.25) is 0 Å². The Morgan fingerprint density at radius 2 is 1.61 bits per heavy atom. The van der Waals surface area contributed by atoms with Crippen LogP contribution >= 0.6 is 0 Å². The molecular weight excluding hydrogens is 326 g/mol. The highest BCUT2D eigenvalue weighted by molar-refractivity contribution is 6.11. The Kier molecular flexibility index (Phi) is 4.35. The van der Waals surface area contributed by atoms with Gasteiger partial charge in [0, 0.05) is 6.07 Å². The van der Waals surface area contributed by atoms with Crippen LogP contribution in [0.5, 0.6) is 5.75 Å². The first-order valence-corrected chi connectivity index (χ1v) is 6.10. The third-order valence-electron chi connectivity index (χ3n) is 3.03. The normalized spacial score (nSPS) is 11.4. The Morgan fingerprint density at radius 1 is 1.00 bits per heavy atom. The summed E-state index contributed by atoms with van der Waals surface area (Å²) in [6, 6.07) is 3.06. The predicted octanol–water partition coefficient (Wildman–Crippen LogP) is 4.36. The summed E-state index contributed by atoms with van der Waals surface area (Å²) in [5, 5.41) is 0. The van der Waals surface area contributed by atoms with Gasteiger partial charge in [0.1, 0.15) is 11.6 Å². The molecule has 0 saturated carbocycles. The third-order valence-corrected chi connectivity index (χ3v) is 3.03. The molecule has 122 valence electrons. The van der Waals surface area contributed by atoms with Crippen molar-refractivity contribution in [2.45, 2.75) is 6.18 Å². The van der Waals surface area contributed by atoms with E-state index in [1.54, 1.807) is 0 Å². The molecule has 23 heavy (non-hydrogen) atoms. The molecule has 2 aromatic carbocycles. The van der Waals surface area contributed by atoms with Gasteiger partial charge in [0.15, 0.2) is 17.3 Å². The molecule has 0 bridgehead atoms. The Balaban J connectivity index is 2.60. The maximum Gasteiger partial charge on any atom is 0.419 e. The summed E-state index contributed by atoms with van der Waals surface area (Å²) in [4.78, 5) is 12.2. The van der Waals surface area contributed by atoms with Gasteiger partial charge in [-0.1, -0.05) is 0 Å². The van der Waals surface area contributed by atoms with Crippen molar-refractivity contribution in [2.24, 2.45) is 0 Å². The Bertz CT molecular complexity index is 767. The minimum absolute atomic E-state index is 0.354. The highest BCUT2D eigenvalue weighted by Gasteiger charge is 2.37. The van der Waals surface area contributed by atoms with E-state index in [0.717, 1.165) is 19.2 Å². The number of ketones is 1. The lowest BCUT2D eigenvalue weighted by Gasteiger charge is -2.14. The average molecular weight is 334 g/mol. The van der Waals surface area contributed by atoms with Crippen molar-refractivity contribution in [1.82, 2.24) is 0 Å². The van der Waals surface area contributed by atoms with E-state index in [-0.39, 0.29) is 0 Å². The number of hydrogen-bond acceptors (Lipinski definition) is 2. The SMILES string of the molecule is COc1c(C(=O)c2ccc(F)cc2F)ccc(C(F)(F)F)c1F. The van der Waals surface area contributed by atoms with Crippen LogP contribution in [0.3, 0.4) is 0 Å². The van der Waals surface area contributed by atoms with E-state index in [2.05, 4.69) is 4.74 Å². The minimum atomic E-state index is -4.99. The molecule has 0 heterocycles. The fraction of sp³-hybridized carbons (Fsp3) is 0.133. The van der Waals surface area contributed by atoms with E-state index < -0.39 is 51.9 Å². The van der Waals surface area contributed by atoms with Gasteiger partial charge in [0.05, 0.1) is 23.8 Å². The van der Waals surface area contributed by atoms with E-state index in [1.807, 2.05) is 0 Å². The van der Waals surface area contributed by atoms with Crippen LogP contribution in [0.15, 0.2) is 30.3 Å². The topological polar surface area (TPSA) is 26.3 Å². The van der Waals surface area contributed by atoms with Crippen LogP contribution in [-0.4, -0.2) is 12.9 Å². The molecule has 2 rings (SSSR count). The minimum Gasteiger partial charge on any atom is -0.493 e. The zero-order chi connectivity index (χ0) is 17.4. The number of methoxy groups -OCH3 is 1. The van der Waals surface area contributed by atoms with Crippen LogP contribution in [0.25, 0.3) is 0 Å². The molecule has 0 saturated heterocycles. The highest BCUT2D eigenvalue weighted by Crippen LogP contribution is 2.37. The predicted molar refractivity (Wildman–Crippen MR) is 67.7 cm³/mol. The molecule has 0 N–H and O–H groups in total. The van der Waals surface area contributed by atoms with Crippen molar-refractivity contribution in [3.05, 3.63) is 64.5 Å². The molecule has 0 aliphatic carbocycles. The summed E-state index contributed by atoms with van der Waals surface area (Å²) in [6.07, 6.45) is -4.99. The van der Waals surface area contributed by atoms with Crippen LogP contribution in [0.1, 0.15) is 21.5 Å². The first-order chi connectivity index (χ1) is 10.7. The molecule has 0 amide bonds. The van der Waals surface area contributed by atoms with E-state index in [9.17, 15) is 31.1 Å². The van der Waals surface area contributed by atoms with Gasteiger partial charge in [-0.25, -0.2) is 13.2 Å². The summed E-state index contributed by atoms with van der Waals surface area (Å²) in [7, 11) is 0.871. The maximum atomic E-state index is 13.9. The van der Waals surface area contributed by atoms with Crippen LogP contribution in [0.4, 0.5) is 26.3 Å². The van der Waals surface area contributed by atoms with E-state index in [4.69, 9.17) is 0 Å². The number of carbonyl (C=O) groups is 1. The van der Waals surface area contributed by atoms with Gasteiger partial charge in [-0.05, 0) is 24.3 Å². The summed E-state index contributed by atoms with van der Waals surface area (Å²) in [6.45, 7) is 0.